The molecule has 1 fully saturated rings. The molecule has 2 aromatic rings. The van der Waals surface area contributed by atoms with Gasteiger partial charge in [0.15, 0.2) is 0 Å². The van der Waals surface area contributed by atoms with E-state index in [2.05, 4.69) is 16.6 Å². The van der Waals surface area contributed by atoms with Crippen molar-refractivity contribution in [1.29, 1.82) is 5.26 Å². The number of hydrazine groups is 1. The van der Waals surface area contributed by atoms with Gasteiger partial charge in [0.05, 0.1) is 21.1 Å². The van der Waals surface area contributed by atoms with Crippen LogP contribution in [0.25, 0.3) is 0 Å². The second-order valence-corrected chi connectivity index (χ2v) is 9.70. The molecule has 0 spiro atoms. The van der Waals surface area contributed by atoms with Gasteiger partial charge >= 0.3 is 0 Å². The van der Waals surface area contributed by atoms with E-state index in [9.17, 15) is 10.1 Å². The number of piperidine rings is 1. The Morgan fingerprint density at radius 3 is 2.57 bits per heavy atom. The lowest BCUT2D eigenvalue weighted by molar-refractivity contribution is -0.119. The van der Waals surface area contributed by atoms with Gasteiger partial charge in [-0.25, -0.2) is 5.01 Å². The smallest absolute Gasteiger partial charge is 0.283 e. The summed E-state index contributed by atoms with van der Waals surface area (Å²) < 4.78 is 0.593. The second-order valence-electron chi connectivity index (χ2n) is 7.11. The molecular weight excluding hydrogens is 465 g/mol. The van der Waals surface area contributed by atoms with E-state index in [0.29, 0.717) is 20.1 Å². The number of thiophene rings is 1. The molecule has 0 saturated carbocycles. The fourth-order valence-electron chi connectivity index (χ4n) is 3.70. The normalized spacial score (nSPS) is 21.9. The summed E-state index contributed by atoms with van der Waals surface area (Å²) in [4.78, 5) is 13.9. The zero-order chi connectivity index (χ0) is 21.3. The van der Waals surface area contributed by atoms with Gasteiger partial charge in [-0.3, -0.25) is 15.2 Å². The van der Waals surface area contributed by atoms with Crippen LogP contribution >= 0.6 is 46.1 Å². The fraction of sp³-hybridized carbons (Fsp3) is 0.350. The van der Waals surface area contributed by atoms with Gasteiger partial charge in [0.25, 0.3) is 5.91 Å². The molecule has 2 aliphatic heterocycles. The SMILES string of the molecule is N#CC1C(C(=O)NN2CCCCC2)=NN(c2ccc(Cl)cc2Cl)C1c1ccc(Cl)s1. The summed E-state index contributed by atoms with van der Waals surface area (Å²) in [5.41, 5.74) is 3.63. The van der Waals surface area contributed by atoms with Gasteiger partial charge in [0.2, 0.25) is 0 Å². The monoisotopic (exact) mass is 481 g/mol. The number of nitrogens with one attached hydrogen (secondary N) is 1. The van der Waals surface area contributed by atoms with Crippen molar-refractivity contribution in [2.24, 2.45) is 11.0 Å². The first-order valence-corrected chi connectivity index (χ1v) is 11.5. The number of amides is 1. The highest BCUT2D eigenvalue weighted by atomic mass is 35.5. The summed E-state index contributed by atoms with van der Waals surface area (Å²) in [6.45, 7) is 1.57. The van der Waals surface area contributed by atoms with Crippen molar-refractivity contribution in [2.45, 2.75) is 25.3 Å². The number of nitrogens with zero attached hydrogens (tertiary/aromatic N) is 4. The first-order valence-electron chi connectivity index (χ1n) is 9.51. The molecule has 30 heavy (non-hydrogen) atoms. The highest BCUT2D eigenvalue weighted by Gasteiger charge is 2.44. The number of carbonyl (C=O) groups excluding carboxylic acids is 1. The Morgan fingerprint density at radius 1 is 1.17 bits per heavy atom. The van der Waals surface area contributed by atoms with Gasteiger partial charge in [0.1, 0.15) is 17.7 Å². The van der Waals surface area contributed by atoms with Gasteiger partial charge in [0, 0.05) is 23.0 Å². The zero-order valence-electron chi connectivity index (χ0n) is 15.8. The molecule has 3 heterocycles. The number of carbonyl (C=O) groups is 1. The molecule has 0 aliphatic carbocycles. The molecule has 1 saturated heterocycles. The topological polar surface area (TPSA) is 71.7 Å². The molecule has 0 bridgehead atoms. The van der Waals surface area contributed by atoms with Gasteiger partial charge in [-0.1, -0.05) is 41.2 Å². The maximum atomic E-state index is 13.0. The number of nitriles is 1. The maximum Gasteiger partial charge on any atom is 0.283 e. The van der Waals surface area contributed by atoms with E-state index >= 15 is 0 Å². The number of benzene rings is 1. The van der Waals surface area contributed by atoms with Crippen LogP contribution in [0.5, 0.6) is 0 Å². The molecule has 2 unspecified atom stereocenters. The predicted molar refractivity (Wildman–Crippen MR) is 121 cm³/mol. The molecular formula is C20H18Cl3N5OS. The molecule has 10 heteroatoms. The van der Waals surface area contributed by atoms with Crippen molar-refractivity contribution < 1.29 is 4.79 Å². The van der Waals surface area contributed by atoms with Crippen molar-refractivity contribution in [3.63, 3.8) is 0 Å². The average Bonchev–Trinajstić information content (AvgIpc) is 3.32. The molecule has 1 amide bonds. The first-order chi connectivity index (χ1) is 14.5. The van der Waals surface area contributed by atoms with Crippen molar-refractivity contribution in [3.05, 3.63) is 49.6 Å². The highest BCUT2D eigenvalue weighted by molar-refractivity contribution is 7.16. The van der Waals surface area contributed by atoms with E-state index in [1.165, 1.54) is 11.3 Å². The minimum absolute atomic E-state index is 0.156. The molecule has 2 atom stereocenters. The van der Waals surface area contributed by atoms with Crippen LogP contribution < -0.4 is 10.4 Å². The van der Waals surface area contributed by atoms with E-state index in [1.807, 2.05) is 11.1 Å². The average molecular weight is 483 g/mol. The third kappa shape index (κ3) is 4.29. The number of halogens is 3. The van der Waals surface area contributed by atoms with Crippen molar-refractivity contribution >= 4 is 63.4 Å². The van der Waals surface area contributed by atoms with Gasteiger partial charge < -0.3 is 0 Å². The zero-order valence-corrected chi connectivity index (χ0v) is 18.9. The quantitative estimate of drug-likeness (QED) is 0.643. The maximum absolute atomic E-state index is 13.0. The largest absolute Gasteiger partial charge is 0.284 e. The summed E-state index contributed by atoms with van der Waals surface area (Å²) in [6, 6.07) is 10.4. The van der Waals surface area contributed by atoms with Crippen molar-refractivity contribution in [1.82, 2.24) is 10.4 Å². The number of anilines is 1. The Kier molecular flexibility index (Phi) is 6.51. The van der Waals surface area contributed by atoms with Crippen LogP contribution in [0.1, 0.15) is 30.2 Å². The van der Waals surface area contributed by atoms with E-state index in [0.717, 1.165) is 37.2 Å². The molecule has 6 nitrogen and oxygen atoms in total. The third-order valence-electron chi connectivity index (χ3n) is 5.12. The van der Waals surface area contributed by atoms with Crippen LogP contribution in [-0.4, -0.2) is 29.7 Å². The molecule has 1 aromatic heterocycles. The minimum Gasteiger partial charge on any atom is -0.284 e. The standard InChI is InChI=1S/C20H18Cl3N5OS/c21-12-4-5-15(14(22)10-12)28-19(16-6-7-17(23)30-16)13(11-24)18(25-28)20(29)26-27-8-2-1-3-9-27/h4-7,10,13,19H,1-3,8-9H2,(H,26,29). The second kappa shape index (κ2) is 9.13. The molecule has 1 N–H and O–H groups in total. The number of hydrazone groups is 1. The molecule has 1 aromatic carbocycles. The molecule has 2 aliphatic rings. The van der Waals surface area contributed by atoms with Crippen molar-refractivity contribution in [2.75, 3.05) is 18.1 Å². The predicted octanol–water partition coefficient (Wildman–Crippen LogP) is 5.28. The Hall–Kier alpha value is -1.82. The van der Waals surface area contributed by atoms with E-state index in [-0.39, 0.29) is 11.6 Å². The third-order valence-corrected chi connectivity index (χ3v) is 6.96. The van der Waals surface area contributed by atoms with Crippen LogP contribution in [-0.2, 0) is 4.79 Å². The summed E-state index contributed by atoms with van der Waals surface area (Å²) in [7, 11) is 0. The number of hydrogen-bond donors (Lipinski definition) is 1. The lowest BCUT2D eigenvalue weighted by Gasteiger charge is -2.27. The van der Waals surface area contributed by atoms with Crippen LogP contribution in [0, 0.1) is 17.2 Å². The van der Waals surface area contributed by atoms with Crippen LogP contribution in [0.4, 0.5) is 5.69 Å². The van der Waals surface area contributed by atoms with Crippen molar-refractivity contribution in [3.8, 4) is 6.07 Å². The van der Waals surface area contributed by atoms with E-state index < -0.39 is 12.0 Å². The van der Waals surface area contributed by atoms with Gasteiger partial charge in [-0.15, -0.1) is 11.3 Å². The Bertz CT molecular complexity index is 1030. The lowest BCUT2D eigenvalue weighted by Crippen LogP contribution is -2.48. The highest BCUT2D eigenvalue weighted by Crippen LogP contribution is 2.44. The Balaban J connectivity index is 1.71. The van der Waals surface area contributed by atoms with E-state index in [1.54, 1.807) is 29.3 Å². The van der Waals surface area contributed by atoms with E-state index in [4.69, 9.17) is 34.8 Å². The van der Waals surface area contributed by atoms with Crippen LogP contribution in [0.2, 0.25) is 14.4 Å². The number of rotatable bonds is 4. The summed E-state index contributed by atoms with van der Waals surface area (Å²) in [5.74, 6) is -1.15. The number of hydrogen-bond acceptors (Lipinski definition) is 6. The Labute approximate surface area is 193 Å². The summed E-state index contributed by atoms with van der Waals surface area (Å²) in [6.07, 6.45) is 3.20. The lowest BCUT2D eigenvalue weighted by atomic mass is 9.95. The van der Waals surface area contributed by atoms with Crippen LogP contribution in [0.3, 0.4) is 0 Å². The van der Waals surface area contributed by atoms with Crippen LogP contribution in [0.15, 0.2) is 35.4 Å². The van der Waals surface area contributed by atoms with Gasteiger partial charge in [-0.05, 0) is 43.2 Å². The Morgan fingerprint density at radius 2 is 1.93 bits per heavy atom. The summed E-state index contributed by atoms with van der Waals surface area (Å²) >= 11 is 20.0. The van der Waals surface area contributed by atoms with Gasteiger partial charge in [-0.2, -0.15) is 10.4 Å². The molecule has 4 rings (SSSR count). The first kappa shape index (κ1) is 21.4. The summed E-state index contributed by atoms with van der Waals surface area (Å²) in [5, 5.41) is 18.9. The molecule has 0 radical (unpaired) electrons. The fourth-order valence-corrected chi connectivity index (χ4v) is 5.38. The molecule has 156 valence electrons. The minimum atomic E-state index is -0.781.